The van der Waals surface area contributed by atoms with Crippen molar-refractivity contribution in [2.45, 2.75) is 6.61 Å². The second-order valence-corrected chi connectivity index (χ2v) is 5.11. The number of hydrogen-bond acceptors (Lipinski definition) is 3. The molecule has 0 aliphatic heterocycles. The first-order valence-electron chi connectivity index (χ1n) is 6.14. The van der Waals surface area contributed by atoms with Gasteiger partial charge in [0.25, 0.3) is 0 Å². The number of rotatable bonds is 5. The average Bonchev–Trinajstić information content (AvgIpc) is 2.46. The Kier molecular flexibility index (Phi) is 5.35. The Morgan fingerprint density at radius 2 is 1.86 bits per heavy atom. The molecular formula is C15H10Cl2FNO3. The van der Waals surface area contributed by atoms with Crippen LogP contribution in [0, 0.1) is 15.9 Å². The molecule has 0 saturated heterocycles. The fraction of sp³-hybridized carbons (Fsp3) is 0.0667. The summed E-state index contributed by atoms with van der Waals surface area (Å²) >= 11 is 12.1. The highest BCUT2D eigenvalue weighted by atomic mass is 35.5. The number of nitrogens with zero attached hydrogens (tertiary/aromatic N) is 1. The molecule has 7 heteroatoms. The van der Waals surface area contributed by atoms with Crippen molar-refractivity contribution in [3.05, 3.63) is 79.7 Å². The van der Waals surface area contributed by atoms with Crippen LogP contribution in [0.2, 0.25) is 10.0 Å². The highest BCUT2D eigenvalue weighted by molar-refractivity contribution is 6.37. The van der Waals surface area contributed by atoms with Crippen molar-refractivity contribution < 1.29 is 14.1 Å². The maximum Gasteiger partial charge on any atom is 0.235 e. The van der Waals surface area contributed by atoms with Gasteiger partial charge in [-0.2, -0.15) is 0 Å². The van der Waals surface area contributed by atoms with Crippen LogP contribution in [0.15, 0.2) is 42.6 Å². The molecule has 2 aromatic rings. The Hall–Kier alpha value is -2.11. The van der Waals surface area contributed by atoms with Gasteiger partial charge in [0.2, 0.25) is 6.20 Å². The van der Waals surface area contributed by atoms with E-state index < -0.39 is 4.92 Å². The van der Waals surface area contributed by atoms with E-state index in [-0.39, 0.29) is 28.2 Å². The van der Waals surface area contributed by atoms with Crippen LogP contribution in [0.4, 0.5) is 4.39 Å². The van der Waals surface area contributed by atoms with Gasteiger partial charge in [-0.05, 0) is 23.8 Å². The lowest BCUT2D eigenvalue weighted by molar-refractivity contribution is -0.400. The summed E-state index contributed by atoms with van der Waals surface area (Å²) in [6.45, 7) is -0.0316. The van der Waals surface area contributed by atoms with E-state index in [9.17, 15) is 14.5 Å². The highest BCUT2D eigenvalue weighted by Gasteiger charge is 2.11. The van der Waals surface area contributed by atoms with E-state index in [4.69, 9.17) is 27.9 Å². The Balaban J connectivity index is 2.18. The van der Waals surface area contributed by atoms with E-state index in [2.05, 4.69) is 0 Å². The highest BCUT2D eigenvalue weighted by Crippen LogP contribution is 2.35. The van der Waals surface area contributed by atoms with Gasteiger partial charge in [0.15, 0.2) is 5.75 Å². The minimum absolute atomic E-state index is 0.0316. The third-order valence-electron chi connectivity index (χ3n) is 2.74. The maximum absolute atomic E-state index is 13.5. The first-order valence-corrected chi connectivity index (χ1v) is 6.90. The Morgan fingerprint density at radius 1 is 1.23 bits per heavy atom. The second kappa shape index (κ2) is 7.24. The van der Waals surface area contributed by atoms with Crippen molar-refractivity contribution in [3.63, 3.8) is 0 Å². The zero-order valence-corrected chi connectivity index (χ0v) is 12.6. The molecule has 0 N–H and O–H groups in total. The van der Waals surface area contributed by atoms with Crippen LogP contribution in [-0.4, -0.2) is 4.92 Å². The molecule has 0 heterocycles. The quantitative estimate of drug-likeness (QED) is 0.570. The molecule has 0 spiro atoms. The van der Waals surface area contributed by atoms with Crippen molar-refractivity contribution >= 4 is 29.3 Å². The SMILES string of the molecule is O=[N+]([O-])/C=C/c1cc(Cl)c(OCc2ccccc2F)c(Cl)c1. The molecule has 0 aliphatic rings. The fourth-order valence-electron chi connectivity index (χ4n) is 1.73. The first kappa shape index (κ1) is 16.3. The Labute approximate surface area is 135 Å². The molecule has 2 aromatic carbocycles. The van der Waals surface area contributed by atoms with Gasteiger partial charge < -0.3 is 4.74 Å². The number of nitro groups is 1. The molecule has 0 unspecified atom stereocenters. The second-order valence-electron chi connectivity index (χ2n) is 4.29. The van der Waals surface area contributed by atoms with Gasteiger partial charge in [-0.25, -0.2) is 4.39 Å². The van der Waals surface area contributed by atoms with Crippen LogP contribution in [-0.2, 0) is 6.61 Å². The van der Waals surface area contributed by atoms with E-state index in [0.717, 1.165) is 6.20 Å². The zero-order valence-electron chi connectivity index (χ0n) is 11.1. The predicted molar refractivity (Wildman–Crippen MR) is 83.2 cm³/mol. The van der Waals surface area contributed by atoms with Crippen LogP contribution in [0.3, 0.4) is 0 Å². The summed E-state index contributed by atoms with van der Waals surface area (Å²) in [6.07, 6.45) is 2.04. The number of ether oxygens (including phenoxy) is 1. The molecule has 0 saturated carbocycles. The maximum atomic E-state index is 13.5. The largest absolute Gasteiger partial charge is 0.486 e. The molecule has 0 amide bonds. The number of halogens is 3. The van der Waals surface area contributed by atoms with E-state index in [1.165, 1.54) is 24.3 Å². The van der Waals surface area contributed by atoms with Gasteiger partial charge in [0, 0.05) is 11.6 Å². The molecule has 22 heavy (non-hydrogen) atoms. The predicted octanol–water partition coefficient (Wildman–Crippen LogP) is 4.96. The number of benzene rings is 2. The standard InChI is InChI=1S/C15H10Cl2FNO3/c16-12-7-10(5-6-19(20)21)8-13(17)15(12)22-9-11-3-1-2-4-14(11)18/h1-8H,9H2/b6-5+. The van der Waals surface area contributed by atoms with Gasteiger partial charge in [0.05, 0.1) is 15.0 Å². The lowest BCUT2D eigenvalue weighted by Gasteiger charge is -2.11. The van der Waals surface area contributed by atoms with Crippen molar-refractivity contribution in [2.24, 2.45) is 0 Å². The van der Waals surface area contributed by atoms with Gasteiger partial charge in [0.1, 0.15) is 12.4 Å². The fourth-order valence-corrected chi connectivity index (χ4v) is 2.34. The smallest absolute Gasteiger partial charge is 0.235 e. The van der Waals surface area contributed by atoms with Crippen molar-refractivity contribution in [2.75, 3.05) is 0 Å². The molecule has 114 valence electrons. The molecular weight excluding hydrogens is 332 g/mol. The van der Waals surface area contributed by atoms with Crippen LogP contribution >= 0.6 is 23.2 Å². The zero-order chi connectivity index (χ0) is 16.1. The van der Waals surface area contributed by atoms with Gasteiger partial charge in [-0.3, -0.25) is 10.1 Å². The molecule has 4 nitrogen and oxygen atoms in total. The molecule has 0 aliphatic carbocycles. The third-order valence-corrected chi connectivity index (χ3v) is 3.30. The van der Waals surface area contributed by atoms with Crippen molar-refractivity contribution in [1.82, 2.24) is 0 Å². The van der Waals surface area contributed by atoms with Crippen molar-refractivity contribution in [3.8, 4) is 5.75 Å². The summed E-state index contributed by atoms with van der Waals surface area (Å²) in [5.74, 6) is -0.190. The van der Waals surface area contributed by atoms with E-state index in [1.807, 2.05) is 0 Å². The van der Waals surface area contributed by atoms with Crippen LogP contribution < -0.4 is 4.74 Å². The normalized spacial score (nSPS) is 10.9. The summed E-state index contributed by atoms with van der Waals surface area (Å²) in [4.78, 5) is 9.70. The number of hydrogen-bond donors (Lipinski definition) is 0. The van der Waals surface area contributed by atoms with Crippen LogP contribution in [0.5, 0.6) is 5.75 Å². The Morgan fingerprint density at radius 3 is 2.45 bits per heavy atom. The summed E-state index contributed by atoms with van der Waals surface area (Å²) in [5.41, 5.74) is 0.830. The summed E-state index contributed by atoms with van der Waals surface area (Å²) in [7, 11) is 0. The molecule has 0 radical (unpaired) electrons. The van der Waals surface area contributed by atoms with E-state index in [1.54, 1.807) is 18.2 Å². The van der Waals surface area contributed by atoms with Gasteiger partial charge in [-0.15, -0.1) is 0 Å². The minimum atomic E-state index is -0.593. The first-order chi connectivity index (χ1) is 10.5. The van der Waals surface area contributed by atoms with Crippen molar-refractivity contribution in [1.29, 1.82) is 0 Å². The molecule has 0 atom stereocenters. The molecule has 0 bridgehead atoms. The van der Waals surface area contributed by atoms with Crippen LogP contribution in [0.25, 0.3) is 6.08 Å². The topological polar surface area (TPSA) is 52.4 Å². The van der Waals surface area contributed by atoms with E-state index in [0.29, 0.717) is 11.1 Å². The molecule has 0 aromatic heterocycles. The summed E-state index contributed by atoms with van der Waals surface area (Å²) in [6, 6.07) is 9.14. The van der Waals surface area contributed by atoms with Crippen LogP contribution in [0.1, 0.15) is 11.1 Å². The average molecular weight is 342 g/mol. The molecule has 2 rings (SSSR count). The Bertz CT molecular complexity index is 711. The van der Waals surface area contributed by atoms with E-state index >= 15 is 0 Å². The minimum Gasteiger partial charge on any atom is -0.486 e. The summed E-state index contributed by atoms with van der Waals surface area (Å²) in [5, 5.41) is 10.7. The lowest BCUT2D eigenvalue weighted by atomic mass is 10.2. The van der Waals surface area contributed by atoms with Gasteiger partial charge in [-0.1, -0.05) is 41.4 Å². The van der Waals surface area contributed by atoms with Gasteiger partial charge >= 0.3 is 0 Å². The third kappa shape index (κ3) is 4.19. The lowest BCUT2D eigenvalue weighted by Crippen LogP contribution is -1.99. The monoisotopic (exact) mass is 341 g/mol. The summed E-state index contributed by atoms with van der Waals surface area (Å²) < 4.78 is 19.0. The molecule has 0 fully saturated rings.